The van der Waals surface area contributed by atoms with Crippen LogP contribution in [0.15, 0.2) is 12.1 Å². The summed E-state index contributed by atoms with van der Waals surface area (Å²) >= 11 is 5.06. The van der Waals surface area contributed by atoms with Gasteiger partial charge in [0.15, 0.2) is 4.77 Å². The molecule has 2 fully saturated rings. The van der Waals surface area contributed by atoms with Crippen LogP contribution in [0.3, 0.4) is 0 Å². The van der Waals surface area contributed by atoms with Crippen LogP contribution in [-0.2, 0) is 4.74 Å². The highest BCUT2D eigenvalue weighted by atomic mass is 32.1. The Hall–Kier alpha value is -1.73. The molecule has 2 unspecified atom stereocenters. The molecule has 0 spiro atoms. The summed E-state index contributed by atoms with van der Waals surface area (Å²) in [4.78, 5) is 20.5. The highest BCUT2D eigenvalue weighted by Crippen LogP contribution is 2.30. The minimum Gasteiger partial charge on any atom is -0.378 e. The third-order valence-electron chi connectivity index (χ3n) is 4.82. The first-order valence-electron chi connectivity index (χ1n) is 7.94. The van der Waals surface area contributed by atoms with Crippen LogP contribution in [0.4, 0.5) is 4.39 Å². The predicted molar refractivity (Wildman–Crippen MR) is 86.4 cm³/mol. The SMILES string of the molecule is O=C(c1cc(F)cc2[nH]c(=S)[nH]c12)N1CCC2OCCCC2C1. The summed E-state index contributed by atoms with van der Waals surface area (Å²) in [6, 6.07) is 2.63. The van der Waals surface area contributed by atoms with Gasteiger partial charge in [-0.15, -0.1) is 0 Å². The van der Waals surface area contributed by atoms with Crippen LogP contribution in [-0.4, -0.2) is 46.6 Å². The van der Waals surface area contributed by atoms with Crippen LogP contribution in [0.2, 0.25) is 0 Å². The Morgan fingerprint density at radius 2 is 2.22 bits per heavy atom. The number of ether oxygens (including phenoxy) is 1. The number of nitrogens with one attached hydrogen (secondary N) is 2. The van der Waals surface area contributed by atoms with Gasteiger partial charge in [0.2, 0.25) is 0 Å². The summed E-state index contributed by atoms with van der Waals surface area (Å²) in [5.74, 6) is -0.207. The van der Waals surface area contributed by atoms with Crippen molar-refractivity contribution in [3.05, 3.63) is 28.3 Å². The monoisotopic (exact) mass is 335 g/mol. The van der Waals surface area contributed by atoms with Gasteiger partial charge in [0, 0.05) is 25.6 Å². The molecule has 4 rings (SSSR count). The van der Waals surface area contributed by atoms with Crippen LogP contribution in [0, 0.1) is 16.5 Å². The Morgan fingerprint density at radius 1 is 1.35 bits per heavy atom. The van der Waals surface area contributed by atoms with E-state index >= 15 is 0 Å². The van der Waals surface area contributed by atoms with Crippen molar-refractivity contribution in [2.75, 3.05) is 19.7 Å². The molecule has 0 bridgehead atoms. The van der Waals surface area contributed by atoms with E-state index in [4.69, 9.17) is 17.0 Å². The zero-order chi connectivity index (χ0) is 16.0. The Morgan fingerprint density at radius 3 is 3.09 bits per heavy atom. The summed E-state index contributed by atoms with van der Waals surface area (Å²) in [6.07, 6.45) is 3.23. The molecule has 2 atom stereocenters. The lowest BCUT2D eigenvalue weighted by molar-refractivity contribution is -0.0606. The fourth-order valence-electron chi connectivity index (χ4n) is 3.72. The van der Waals surface area contributed by atoms with Crippen LogP contribution >= 0.6 is 12.2 Å². The molecule has 5 nitrogen and oxygen atoms in total. The maximum absolute atomic E-state index is 13.8. The van der Waals surface area contributed by atoms with E-state index < -0.39 is 5.82 Å². The molecule has 1 amide bonds. The molecule has 2 aliphatic rings. The first-order chi connectivity index (χ1) is 11.1. The average molecular weight is 335 g/mol. The number of hydrogen-bond donors (Lipinski definition) is 2. The average Bonchev–Trinajstić information content (AvgIpc) is 2.93. The fraction of sp³-hybridized carbons (Fsp3) is 0.500. The van der Waals surface area contributed by atoms with Gasteiger partial charge in [-0.1, -0.05) is 0 Å². The molecule has 1 aromatic carbocycles. The number of nitrogens with zero attached hydrogens (tertiary/aromatic N) is 1. The maximum Gasteiger partial charge on any atom is 0.256 e. The molecular weight excluding hydrogens is 317 g/mol. The van der Waals surface area contributed by atoms with Crippen molar-refractivity contribution in [2.24, 2.45) is 5.92 Å². The second kappa shape index (κ2) is 5.72. The number of amides is 1. The molecule has 122 valence electrons. The molecule has 0 saturated carbocycles. The van der Waals surface area contributed by atoms with E-state index in [-0.39, 0.29) is 12.0 Å². The van der Waals surface area contributed by atoms with E-state index in [9.17, 15) is 9.18 Å². The second-order valence-electron chi connectivity index (χ2n) is 6.31. The Bertz CT molecular complexity index is 815. The van der Waals surface area contributed by atoms with Crippen molar-refractivity contribution in [1.29, 1.82) is 0 Å². The van der Waals surface area contributed by atoms with Gasteiger partial charge in [-0.2, -0.15) is 0 Å². The number of fused-ring (bicyclic) bond motifs is 2. The summed E-state index contributed by atoms with van der Waals surface area (Å²) in [5, 5.41) is 0. The number of imidazole rings is 1. The number of H-pyrrole nitrogens is 2. The normalized spacial score (nSPS) is 24.7. The number of likely N-dealkylation sites (tertiary alicyclic amines) is 1. The third-order valence-corrected chi connectivity index (χ3v) is 5.03. The lowest BCUT2D eigenvalue weighted by atomic mass is 9.88. The Labute approximate surface area is 137 Å². The molecule has 23 heavy (non-hydrogen) atoms. The number of aromatic amines is 2. The van der Waals surface area contributed by atoms with Crippen molar-refractivity contribution >= 4 is 29.2 Å². The molecular formula is C16H18FN3O2S. The zero-order valence-corrected chi connectivity index (χ0v) is 13.4. The smallest absolute Gasteiger partial charge is 0.256 e. The van der Waals surface area contributed by atoms with E-state index in [1.54, 1.807) is 0 Å². The molecule has 2 saturated heterocycles. The van der Waals surface area contributed by atoms with Gasteiger partial charge in [0.25, 0.3) is 5.91 Å². The molecule has 2 aliphatic heterocycles. The van der Waals surface area contributed by atoms with Gasteiger partial charge < -0.3 is 19.6 Å². The summed E-state index contributed by atoms with van der Waals surface area (Å²) in [7, 11) is 0. The van der Waals surface area contributed by atoms with Crippen molar-refractivity contribution in [3.8, 4) is 0 Å². The topological polar surface area (TPSA) is 61.1 Å². The number of hydrogen-bond acceptors (Lipinski definition) is 3. The van der Waals surface area contributed by atoms with E-state index in [1.165, 1.54) is 12.1 Å². The van der Waals surface area contributed by atoms with Gasteiger partial charge >= 0.3 is 0 Å². The number of carbonyl (C=O) groups is 1. The van der Waals surface area contributed by atoms with Crippen LogP contribution in [0.1, 0.15) is 29.6 Å². The van der Waals surface area contributed by atoms with Crippen molar-refractivity contribution < 1.29 is 13.9 Å². The van der Waals surface area contributed by atoms with E-state index in [2.05, 4.69) is 9.97 Å². The van der Waals surface area contributed by atoms with Gasteiger partial charge in [0.1, 0.15) is 5.82 Å². The third kappa shape index (κ3) is 2.68. The van der Waals surface area contributed by atoms with Gasteiger partial charge in [-0.05, 0) is 43.6 Å². The molecule has 2 N–H and O–H groups in total. The van der Waals surface area contributed by atoms with Gasteiger partial charge in [-0.3, -0.25) is 4.79 Å². The standard InChI is InChI=1S/C16H18FN3O2S/c17-10-6-11(14-12(7-10)18-16(23)19-14)15(21)20-4-3-13-9(8-20)2-1-5-22-13/h6-7,9,13H,1-5,8H2,(H2,18,19,23). The quantitative estimate of drug-likeness (QED) is 0.788. The number of aromatic nitrogens is 2. The highest BCUT2D eigenvalue weighted by molar-refractivity contribution is 7.71. The van der Waals surface area contributed by atoms with E-state index in [0.29, 0.717) is 40.4 Å². The largest absolute Gasteiger partial charge is 0.378 e. The fourth-order valence-corrected chi connectivity index (χ4v) is 3.93. The second-order valence-corrected chi connectivity index (χ2v) is 6.71. The number of carbonyl (C=O) groups excluding carboxylic acids is 1. The van der Waals surface area contributed by atoms with Crippen molar-refractivity contribution in [3.63, 3.8) is 0 Å². The van der Waals surface area contributed by atoms with Crippen molar-refractivity contribution in [1.82, 2.24) is 14.9 Å². The maximum atomic E-state index is 13.8. The molecule has 0 aliphatic carbocycles. The zero-order valence-electron chi connectivity index (χ0n) is 12.6. The van der Waals surface area contributed by atoms with Crippen LogP contribution < -0.4 is 0 Å². The number of halogens is 1. The molecule has 2 aromatic rings. The van der Waals surface area contributed by atoms with Crippen LogP contribution in [0.5, 0.6) is 0 Å². The van der Waals surface area contributed by atoms with Gasteiger partial charge in [0.05, 0.1) is 22.7 Å². The summed E-state index contributed by atoms with van der Waals surface area (Å²) in [6.45, 7) is 2.13. The summed E-state index contributed by atoms with van der Waals surface area (Å²) < 4.78 is 20.0. The lowest BCUT2D eigenvalue weighted by Gasteiger charge is -2.41. The molecule has 7 heteroatoms. The minimum absolute atomic E-state index is 0.149. The molecule has 0 radical (unpaired) electrons. The molecule has 1 aromatic heterocycles. The Balaban J connectivity index is 1.65. The summed E-state index contributed by atoms with van der Waals surface area (Å²) in [5.41, 5.74) is 1.43. The number of piperidine rings is 1. The van der Waals surface area contributed by atoms with Crippen molar-refractivity contribution in [2.45, 2.75) is 25.4 Å². The lowest BCUT2D eigenvalue weighted by Crippen LogP contribution is -2.48. The highest BCUT2D eigenvalue weighted by Gasteiger charge is 2.34. The predicted octanol–water partition coefficient (Wildman–Crippen LogP) is 3.01. The first-order valence-corrected chi connectivity index (χ1v) is 8.35. The van der Waals surface area contributed by atoms with Crippen LogP contribution in [0.25, 0.3) is 11.0 Å². The van der Waals surface area contributed by atoms with E-state index in [1.807, 2.05) is 4.90 Å². The number of benzene rings is 1. The van der Waals surface area contributed by atoms with Gasteiger partial charge in [-0.25, -0.2) is 4.39 Å². The minimum atomic E-state index is -0.443. The number of rotatable bonds is 1. The Kier molecular flexibility index (Phi) is 3.69. The molecule has 3 heterocycles. The van der Waals surface area contributed by atoms with E-state index in [0.717, 1.165) is 25.9 Å². The first kappa shape index (κ1) is 14.8.